The molecule has 0 spiro atoms. The van der Waals surface area contributed by atoms with E-state index in [2.05, 4.69) is 20.8 Å². The normalized spacial score (nSPS) is 10.4. The lowest BCUT2D eigenvalue weighted by Gasteiger charge is -2.08. The number of amides is 1. The summed E-state index contributed by atoms with van der Waals surface area (Å²) in [6.45, 7) is 3.33. The Morgan fingerprint density at radius 1 is 1.41 bits per heavy atom. The second-order valence-electron chi connectivity index (χ2n) is 5.00. The molecule has 1 aromatic carbocycles. The molecule has 2 aromatic rings. The summed E-state index contributed by atoms with van der Waals surface area (Å²) in [5, 5.41) is 25.4. The number of thioether (sulfide) groups is 1. The molecule has 10 nitrogen and oxygen atoms in total. The first-order valence-electron chi connectivity index (χ1n) is 7.93. The van der Waals surface area contributed by atoms with Gasteiger partial charge in [0, 0.05) is 13.7 Å². The summed E-state index contributed by atoms with van der Waals surface area (Å²) in [5.74, 6) is 0.0483. The summed E-state index contributed by atoms with van der Waals surface area (Å²) < 4.78 is 10.8. The van der Waals surface area contributed by atoms with Gasteiger partial charge in [-0.3, -0.25) is 14.9 Å². The summed E-state index contributed by atoms with van der Waals surface area (Å²) in [7, 11) is 1.61. The van der Waals surface area contributed by atoms with Crippen LogP contribution in [0.1, 0.15) is 6.92 Å². The monoisotopic (exact) mass is 413 g/mol. The molecule has 0 atom stereocenters. The number of nitrogens with zero attached hydrogens (tertiary/aromatic N) is 3. The molecule has 0 unspecified atom stereocenters. The Balaban J connectivity index is 1.91. The van der Waals surface area contributed by atoms with E-state index in [0.717, 1.165) is 0 Å². The van der Waals surface area contributed by atoms with Crippen LogP contribution in [0.3, 0.4) is 0 Å². The van der Waals surface area contributed by atoms with Crippen LogP contribution in [0.2, 0.25) is 0 Å². The molecule has 0 fully saturated rings. The lowest BCUT2D eigenvalue weighted by atomic mass is 10.2. The molecule has 0 saturated heterocycles. The number of anilines is 2. The van der Waals surface area contributed by atoms with Crippen LogP contribution >= 0.6 is 23.1 Å². The summed E-state index contributed by atoms with van der Waals surface area (Å²) in [5.41, 5.74) is -0.104. The molecule has 0 aliphatic carbocycles. The molecule has 2 N–H and O–H groups in total. The zero-order valence-corrected chi connectivity index (χ0v) is 16.4. The Kier molecular flexibility index (Phi) is 8.23. The number of hydrogen-bond acceptors (Lipinski definition) is 10. The number of hydrogen-bond donors (Lipinski definition) is 2. The maximum Gasteiger partial charge on any atom is 0.296 e. The van der Waals surface area contributed by atoms with Crippen molar-refractivity contribution in [3.8, 4) is 5.75 Å². The second kappa shape index (κ2) is 10.6. The van der Waals surface area contributed by atoms with Crippen molar-refractivity contribution < 1.29 is 19.2 Å². The Morgan fingerprint density at radius 3 is 2.93 bits per heavy atom. The number of carbonyl (C=O) groups is 1. The SMILES string of the molecule is CCOc1ccc(NC(=O)CSc2nnc(NCCOC)s2)c([N+](=O)[O-])c1. The fourth-order valence-corrected chi connectivity index (χ4v) is 3.52. The molecule has 27 heavy (non-hydrogen) atoms. The van der Waals surface area contributed by atoms with Gasteiger partial charge >= 0.3 is 0 Å². The number of carbonyl (C=O) groups excluding carboxylic acids is 1. The van der Waals surface area contributed by atoms with Gasteiger partial charge in [-0.25, -0.2) is 0 Å². The minimum atomic E-state index is -0.562. The highest BCUT2D eigenvalue weighted by molar-refractivity contribution is 8.01. The van der Waals surface area contributed by atoms with E-state index in [0.29, 0.717) is 35.0 Å². The number of nitro benzene ring substituents is 1. The van der Waals surface area contributed by atoms with E-state index in [1.54, 1.807) is 20.1 Å². The van der Waals surface area contributed by atoms with Crippen molar-refractivity contribution in [2.75, 3.05) is 43.3 Å². The van der Waals surface area contributed by atoms with Crippen molar-refractivity contribution in [2.45, 2.75) is 11.3 Å². The Labute approximate surface area is 163 Å². The van der Waals surface area contributed by atoms with Gasteiger partial charge in [0.2, 0.25) is 11.0 Å². The highest BCUT2D eigenvalue weighted by Crippen LogP contribution is 2.30. The average molecular weight is 413 g/mol. The molecule has 1 aromatic heterocycles. The van der Waals surface area contributed by atoms with Crippen molar-refractivity contribution in [1.29, 1.82) is 0 Å². The van der Waals surface area contributed by atoms with Crippen LogP contribution < -0.4 is 15.4 Å². The fraction of sp³-hybridized carbons (Fsp3) is 0.400. The lowest BCUT2D eigenvalue weighted by molar-refractivity contribution is -0.384. The minimum absolute atomic E-state index is 0.0526. The molecule has 2 rings (SSSR count). The van der Waals surface area contributed by atoms with Crippen LogP contribution in [0.5, 0.6) is 5.75 Å². The molecule has 1 heterocycles. The predicted octanol–water partition coefficient (Wildman–Crippen LogP) is 2.63. The predicted molar refractivity (Wildman–Crippen MR) is 104 cm³/mol. The highest BCUT2D eigenvalue weighted by Gasteiger charge is 2.18. The van der Waals surface area contributed by atoms with Crippen LogP contribution in [-0.2, 0) is 9.53 Å². The molecular weight excluding hydrogens is 394 g/mol. The summed E-state index contributed by atoms with van der Waals surface area (Å²) >= 11 is 2.52. The molecular formula is C15H19N5O5S2. The van der Waals surface area contributed by atoms with E-state index in [1.807, 2.05) is 0 Å². The van der Waals surface area contributed by atoms with Crippen LogP contribution in [0.4, 0.5) is 16.5 Å². The van der Waals surface area contributed by atoms with Crippen molar-refractivity contribution in [2.24, 2.45) is 0 Å². The van der Waals surface area contributed by atoms with E-state index in [4.69, 9.17) is 9.47 Å². The molecule has 146 valence electrons. The van der Waals surface area contributed by atoms with Crippen molar-refractivity contribution in [1.82, 2.24) is 10.2 Å². The zero-order chi connectivity index (χ0) is 19.6. The van der Waals surface area contributed by atoms with Crippen LogP contribution in [0, 0.1) is 10.1 Å². The molecule has 1 amide bonds. The third kappa shape index (κ3) is 6.66. The third-order valence-corrected chi connectivity index (χ3v) is 5.08. The summed E-state index contributed by atoms with van der Waals surface area (Å²) in [6.07, 6.45) is 0. The summed E-state index contributed by atoms with van der Waals surface area (Å²) in [4.78, 5) is 22.8. The van der Waals surface area contributed by atoms with Gasteiger partial charge in [0.1, 0.15) is 11.4 Å². The molecule has 0 bridgehead atoms. The fourth-order valence-electron chi connectivity index (χ4n) is 1.94. The van der Waals surface area contributed by atoms with Gasteiger partial charge < -0.3 is 20.1 Å². The van der Waals surface area contributed by atoms with Crippen LogP contribution in [-0.4, -0.2) is 53.6 Å². The molecule has 0 saturated carbocycles. The molecule has 0 radical (unpaired) electrons. The van der Waals surface area contributed by atoms with Gasteiger partial charge in [-0.1, -0.05) is 23.1 Å². The van der Waals surface area contributed by atoms with E-state index in [9.17, 15) is 14.9 Å². The van der Waals surface area contributed by atoms with E-state index >= 15 is 0 Å². The maximum absolute atomic E-state index is 12.1. The largest absolute Gasteiger partial charge is 0.494 e. The van der Waals surface area contributed by atoms with E-state index in [-0.39, 0.29) is 23.0 Å². The topological polar surface area (TPSA) is 129 Å². The lowest BCUT2D eigenvalue weighted by Crippen LogP contribution is -2.15. The third-order valence-electron chi connectivity index (χ3n) is 3.07. The molecule has 0 aliphatic rings. The van der Waals surface area contributed by atoms with Gasteiger partial charge in [0.25, 0.3) is 5.69 Å². The first-order valence-corrected chi connectivity index (χ1v) is 9.74. The van der Waals surface area contributed by atoms with Crippen molar-refractivity contribution in [3.63, 3.8) is 0 Å². The highest BCUT2D eigenvalue weighted by atomic mass is 32.2. The first-order chi connectivity index (χ1) is 13.0. The smallest absolute Gasteiger partial charge is 0.296 e. The number of nitro groups is 1. The van der Waals surface area contributed by atoms with Gasteiger partial charge in [-0.2, -0.15) is 0 Å². The Morgan fingerprint density at radius 2 is 2.22 bits per heavy atom. The Bertz CT molecular complexity index is 786. The van der Waals surface area contributed by atoms with E-state index in [1.165, 1.54) is 35.2 Å². The van der Waals surface area contributed by atoms with Gasteiger partial charge in [0.05, 0.1) is 30.0 Å². The minimum Gasteiger partial charge on any atom is -0.494 e. The van der Waals surface area contributed by atoms with Crippen molar-refractivity contribution >= 4 is 45.5 Å². The number of rotatable bonds is 11. The van der Waals surface area contributed by atoms with Gasteiger partial charge in [-0.15, -0.1) is 10.2 Å². The standard InChI is InChI=1S/C15H19N5O5S2/c1-3-25-10-4-5-11(12(8-10)20(22)23)17-13(21)9-26-15-19-18-14(27-15)16-6-7-24-2/h4-5,8H,3,6-7,9H2,1-2H3,(H,16,18)(H,17,21). The van der Waals surface area contributed by atoms with Gasteiger partial charge in [-0.05, 0) is 19.1 Å². The average Bonchev–Trinajstić information content (AvgIpc) is 3.09. The van der Waals surface area contributed by atoms with Crippen LogP contribution in [0.15, 0.2) is 22.5 Å². The molecule has 0 aliphatic heterocycles. The van der Waals surface area contributed by atoms with Crippen molar-refractivity contribution in [3.05, 3.63) is 28.3 Å². The van der Waals surface area contributed by atoms with Gasteiger partial charge in [0.15, 0.2) is 4.34 Å². The Hall–Kier alpha value is -2.44. The molecule has 12 heteroatoms. The first kappa shape index (κ1) is 20.9. The number of methoxy groups -OCH3 is 1. The van der Waals surface area contributed by atoms with Crippen LogP contribution in [0.25, 0.3) is 0 Å². The number of benzene rings is 1. The quantitative estimate of drug-likeness (QED) is 0.247. The second-order valence-corrected chi connectivity index (χ2v) is 7.20. The van der Waals surface area contributed by atoms with E-state index < -0.39 is 4.92 Å². The number of nitrogens with one attached hydrogen (secondary N) is 2. The number of ether oxygens (including phenoxy) is 2. The number of aromatic nitrogens is 2. The maximum atomic E-state index is 12.1. The summed E-state index contributed by atoms with van der Waals surface area (Å²) in [6, 6.07) is 4.31. The zero-order valence-electron chi connectivity index (χ0n) is 14.8.